The number of hydrogen-bond donors (Lipinski definition) is 3. The molecule has 1 aliphatic rings. The highest BCUT2D eigenvalue weighted by molar-refractivity contribution is 7.92. The molecule has 1 fully saturated rings. The molecule has 1 saturated heterocycles. The van der Waals surface area contributed by atoms with Crippen LogP contribution in [-0.2, 0) is 19.6 Å². The van der Waals surface area contributed by atoms with Crippen LogP contribution in [0.25, 0.3) is 17.3 Å². The van der Waals surface area contributed by atoms with Gasteiger partial charge in [0.2, 0.25) is 27.8 Å². The van der Waals surface area contributed by atoms with Crippen molar-refractivity contribution in [3.05, 3.63) is 108 Å². The number of aromatic nitrogens is 2. The lowest BCUT2D eigenvalue weighted by Gasteiger charge is -2.32. The molecule has 1 aromatic heterocycles. The third-order valence-electron chi connectivity index (χ3n) is 9.96. The van der Waals surface area contributed by atoms with Crippen LogP contribution in [0, 0.1) is 5.82 Å². The fourth-order valence-electron chi connectivity index (χ4n) is 6.52. The van der Waals surface area contributed by atoms with E-state index >= 15 is 0 Å². The molecular formula is C47H66FN5O6S. The number of allylic oxidation sites excluding steroid dienone is 10. The summed E-state index contributed by atoms with van der Waals surface area (Å²) in [7, 11) is -2.34. The van der Waals surface area contributed by atoms with E-state index < -0.39 is 28.0 Å². The quantitative estimate of drug-likeness (QED) is 0.0705. The number of sulfonamides is 1. The Bertz CT molecular complexity index is 1930. The van der Waals surface area contributed by atoms with Crippen LogP contribution in [0.15, 0.2) is 91.1 Å². The number of aliphatic hydroxyl groups is 2. The lowest BCUT2D eigenvalue weighted by molar-refractivity contribution is -0.132. The number of piperidine rings is 1. The molecule has 328 valence electrons. The lowest BCUT2D eigenvalue weighted by atomic mass is 9.97. The second-order valence-electron chi connectivity index (χ2n) is 15.4. The zero-order chi connectivity index (χ0) is 43.9. The number of amides is 2. The van der Waals surface area contributed by atoms with Crippen molar-refractivity contribution < 1.29 is 32.6 Å². The Balaban J connectivity index is 1.40. The van der Waals surface area contributed by atoms with Gasteiger partial charge in [0.15, 0.2) is 0 Å². The van der Waals surface area contributed by atoms with Crippen LogP contribution >= 0.6 is 0 Å². The predicted octanol–water partition coefficient (Wildman–Crippen LogP) is 8.35. The van der Waals surface area contributed by atoms with Gasteiger partial charge in [0.25, 0.3) is 0 Å². The van der Waals surface area contributed by atoms with E-state index in [1.54, 1.807) is 6.08 Å². The Morgan fingerprint density at radius 3 is 2.03 bits per heavy atom. The van der Waals surface area contributed by atoms with E-state index in [-0.39, 0.29) is 42.6 Å². The number of likely N-dealkylation sites (tertiary alicyclic amines) is 1. The molecule has 1 aromatic carbocycles. The SMILES string of the molecule is CC/C=C\CC=CCC=CC/C=C\C/C=C\CCCC(=O)N1CCC(NC(=O)C[C@H](O)C[C@H](O)/C=C/c2c(-c3ccc(F)cc3)nc(N(C)S(C)(=O)=O)nc2C(C)C)CC1. The van der Waals surface area contributed by atoms with E-state index in [1.165, 1.54) is 37.4 Å². The molecule has 60 heavy (non-hydrogen) atoms. The third-order valence-corrected chi connectivity index (χ3v) is 11.1. The maximum Gasteiger partial charge on any atom is 0.239 e. The number of nitrogens with zero attached hydrogens (tertiary/aromatic N) is 4. The van der Waals surface area contributed by atoms with Gasteiger partial charge in [-0.3, -0.25) is 9.59 Å². The molecule has 3 rings (SSSR count). The fraction of sp³-hybridized carbons (Fsp3) is 0.489. The number of benzene rings is 1. The minimum atomic E-state index is -3.69. The first-order valence-corrected chi connectivity index (χ1v) is 23.0. The summed E-state index contributed by atoms with van der Waals surface area (Å²) in [4.78, 5) is 36.5. The number of carbonyl (C=O) groups excluding carboxylic acids is 2. The lowest BCUT2D eigenvalue weighted by Crippen LogP contribution is -2.47. The van der Waals surface area contributed by atoms with Crippen molar-refractivity contribution in [3.63, 3.8) is 0 Å². The van der Waals surface area contributed by atoms with Crippen molar-refractivity contribution in [3.8, 4) is 11.3 Å². The standard InChI is InChI=1S/C47H66FN5O6S/c1-6-7-8-9-10-11-12-13-14-15-16-17-18-19-20-21-22-23-44(57)53-32-30-39(31-33-53)49-43(56)35-41(55)34-40(54)28-29-42-45(36(2)3)50-47(52(4)60(5,58)59)51-46(42)37-24-26-38(48)27-25-37/h7-8,10-11,13-14,16-17,19-20,24-29,36,39-41,54-55H,6,9,12,15,18,21-23,30-35H2,1-5H3,(H,49,56)/b8-7-,11-10?,14-13?,17-16-,20-19-,29-28+/t40-,41-/m1/s1. The van der Waals surface area contributed by atoms with E-state index in [0.29, 0.717) is 54.9 Å². The van der Waals surface area contributed by atoms with Gasteiger partial charge in [0.05, 0.1) is 36.3 Å². The van der Waals surface area contributed by atoms with Crippen LogP contribution in [0.1, 0.15) is 115 Å². The molecular weight excluding hydrogens is 782 g/mol. The van der Waals surface area contributed by atoms with E-state index in [0.717, 1.165) is 55.5 Å². The maximum absolute atomic E-state index is 13.8. The average Bonchev–Trinajstić information content (AvgIpc) is 3.20. The number of hydrogen-bond acceptors (Lipinski definition) is 8. The minimum absolute atomic E-state index is 0.0509. The second-order valence-corrected chi connectivity index (χ2v) is 17.4. The molecule has 0 bridgehead atoms. The van der Waals surface area contributed by atoms with Crippen molar-refractivity contribution in [2.24, 2.45) is 0 Å². The number of unbranched alkanes of at least 4 members (excludes halogenated alkanes) is 1. The van der Waals surface area contributed by atoms with Crippen molar-refractivity contribution in [1.29, 1.82) is 0 Å². The summed E-state index contributed by atoms with van der Waals surface area (Å²) < 4.78 is 39.4. The predicted molar refractivity (Wildman–Crippen MR) is 241 cm³/mol. The van der Waals surface area contributed by atoms with Crippen LogP contribution in [0.3, 0.4) is 0 Å². The molecule has 0 unspecified atom stereocenters. The summed E-state index contributed by atoms with van der Waals surface area (Å²) >= 11 is 0. The zero-order valence-electron chi connectivity index (χ0n) is 36.0. The van der Waals surface area contributed by atoms with E-state index in [4.69, 9.17) is 0 Å². The van der Waals surface area contributed by atoms with Gasteiger partial charge in [0.1, 0.15) is 5.82 Å². The molecule has 0 saturated carbocycles. The molecule has 2 aromatic rings. The number of anilines is 1. The van der Waals surface area contributed by atoms with Gasteiger partial charge in [-0.1, -0.05) is 93.7 Å². The summed E-state index contributed by atoms with van der Waals surface area (Å²) in [6.45, 7) is 7.02. The first kappa shape index (κ1) is 49.6. The largest absolute Gasteiger partial charge is 0.392 e. The Hall–Kier alpha value is -4.72. The van der Waals surface area contributed by atoms with Gasteiger partial charge < -0.3 is 20.4 Å². The van der Waals surface area contributed by atoms with Crippen LogP contribution in [0.2, 0.25) is 0 Å². The van der Waals surface area contributed by atoms with Crippen LogP contribution in [0.4, 0.5) is 10.3 Å². The molecule has 13 heteroatoms. The summed E-state index contributed by atoms with van der Waals surface area (Å²) in [5.74, 6) is -0.894. The number of halogens is 1. The molecule has 2 heterocycles. The Labute approximate surface area is 357 Å². The Kier molecular flexibility index (Phi) is 21.9. The number of rotatable bonds is 24. The summed E-state index contributed by atoms with van der Waals surface area (Å²) in [5, 5.41) is 24.5. The first-order valence-electron chi connectivity index (χ1n) is 21.2. The average molecular weight is 848 g/mol. The first-order chi connectivity index (χ1) is 28.7. The molecule has 0 aliphatic carbocycles. The summed E-state index contributed by atoms with van der Waals surface area (Å²) in [6, 6.07) is 5.49. The van der Waals surface area contributed by atoms with Gasteiger partial charge in [-0.05, 0) is 88.0 Å². The van der Waals surface area contributed by atoms with Gasteiger partial charge in [-0.25, -0.2) is 27.1 Å². The van der Waals surface area contributed by atoms with Crippen molar-refractivity contribution in [1.82, 2.24) is 20.2 Å². The highest BCUT2D eigenvalue weighted by Crippen LogP contribution is 2.32. The Morgan fingerprint density at radius 1 is 0.917 bits per heavy atom. The Morgan fingerprint density at radius 2 is 1.48 bits per heavy atom. The third kappa shape index (κ3) is 18.3. The van der Waals surface area contributed by atoms with Gasteiger partial charge >= 0.3 is 0 Å². The molecule has 2 amide bonds. The fourth-order valence-corrected chi connectivity index (χ4v) is 6.89. The van der Waals surface area contributed by atoms with Crippen LogP contribution in [0.5, 0.6) is 0 Å². The van der Waals surface area contributed by atoms with Gasteiger partial charge in [0, 0.05) is 50.1 Å². The second kappa shape index (κ2) is 26.5. The van der Waals surface area contributed by atoms with Crippen molar-refractivity contribution >= 4 is 33.9 Å². The van der Waals surface area contributed by atoms with Crippen LogP contribution < -0.4 is 9.62 Å². The topological polar surface area (TPSA) is 153 Å². The number of aliphatic hydroxyl groups excluding tert-OH is 2. The molecule has 2 atom stereocenters. The highest BCUT2D eigenvalue weighted by Gasteiger charge is 2.25. The zero-order valence-corrected chi connectivity index (χ0v) is 36.9. The maximum atomic E-state index is 13.8. The van der Waals surface area contributed by atoms with Crippen LogP contribution in [-0.4, -0.2) is 90.0 Å². The smallest absolute Gasteiger partial charge is 0.239 e. The molecule has 0 radical (unpaired) electrons. The van der Waals surface area contributed by atoms with E-state index in [1.807, 2.05) is 18.7 Å². The monoisotopic (exact) mass is 847 g/mol. The normalized spacial score (nSPS) is 15.5. The van der Waals surface area contributed by atoms with Gasteiger partial charge in [-0.15, -0.1) is 0 Å². The molecule has 0 spiro atoms. The highest BCUT2D eigenvalue weighted by atomic mass is 32.2. The number of nitrogens with one attached hydrogen (secondary N) is 1. The number of carbonyl (C=O) groups is 2. The molecule has 1 aliphatic heterocycles. The van der Waals surface area contributed by atoms with E-state index in [2.05, 4.69) is 83.0 Å². The molecule has 11 nitrogen and oxygen atoms in total. The van der Waals surface area contributed by atoms with E-state index in [9.17, 15) is 32.6 Å². The summed E-state index contributed by atoms with van der Waals surface area (Å²) in [6.07, 6.45) is 31.4. The van der Waals surface area contributed by atoms with Gasteiger partial charge in [-0.2, -0.15) is 0 Å². The molecule has 3 N–H and O–H groups in total. The van der Waals surface area contributed by atoms with Crippen molar-refractivity contribution in [2.45, 2.75) is 122 Å². The minimum Gasteiger partial charge on any atom is -0.392 e. The summed E-state index contributed by atoms with van der Waals surface area (Å²) in [5.41, 5.74) is 1.87. The van der Waals surface area contributed by atoms with Crippen molar-refractivity contribution in [2.75, 3.05) is 30.7 Å².